The van der Waals surface area contributed by atoms with Gasteiger partial charge in [-0.3, -0.25) is 0 Å². The molecule has 1 atom stereocenters. The van der Waals surface area contributed by atoms with E-state index < -0.39 is 0 Å². The Morgan fingerprint density at radius 2 is 1.74 bits per heavy atom. The summed E-state index contributed by atoms with van der Waals surface area (Å²) in [6, 6.07) is 0.0625. The number of carbonyl (C=O) groups excluding carboxylic acids is 2. The van der Waals surface area contributed by atoms with Gasteiger partial charge in [-0.15, -0.1) is 0 Å². The Kier molecular flexibility index (Phi) is 4.83. The molecule has 0 aromatic carbocycles. The van der Waals surface area contributed by atoms with E-state index in [2.05, 4.69) is 33.0 Å². The predicted molar refractivity (Wildman–Crippen MR) is 91.4 cm³/mol. The maximum Gasteiger partial charge on any atom is 0.320 e. The number of urea groups is 2. The molecule has 2 aliphatic rings. The molecule has 0 radical (unpaired) electrons. The Hall–Kier alpha value is -1.46. The van der Waals surface area contributed by atoms with Gasteiger partial charge in [-0.25, -0.2) is 9.59 Å². The molecule has 2 fully saturated rings. The second-order valence-corrected chi connectivity index (χ2v) is 8.60. The highest BCUT2D eigenvalue weighted by Crippen LogP contribution is 2.26. The molecule has 6 nitrogen and oxygen atoms in total. The fourth-order valence-corrected chi connectivity index (χ4v) is 3.52. The fourth-order valence-electron chi connectivity index (χ4n) is 3.52. The lowest BCUT2D eigenvalue weighted by Crippen LogP contribution is -2.64. The van der Waals surface area contributed by atoms with Gasteiger partial charge in [0.25, 0.3) is 0 Å². The molecular weight excluding hydrogens is 292 g/mol. The van der Waals surface area contributed by atoms with Gasteiger partial charge in [0.05, 0.1) is 5.54 Å². The van der Waals surface area contributed by atoms with Crippen LogP contribution in [0.2, 0.25) is 0 Å². The average Bonchev–Trinajstić information content (AvgIpc) is 2.41. The topological polar surface area (TPSA) is 55.9 Å². The molecule has 2 heterocycles. The van der Waals surface area contributed by atoms with Gasteiger partial charge in [0.1, 0.15) is 0 Å². The molecule has 0 aromatic heterocycles. The van der Waals surface area contributed by atoms with Gasteiger partial charge < -0.3 is 20.0 Å². The van der Waals surface area contributed by atoms with Crippen LogP contribution < -0.4 is 5.32 Å². The largest absolute Gasteiger partial charge is 0.338 e. The Bertz CT molecular complexity index is 470. The summed E-state index contributed by atoms with van der Waals surface area (Å²) in [6.45, 7) is 16.1. The van der Waals surface area contributed by atoms with Gasteiger partial charge >= 0.3 is 12.1 Å². The van der Waals surface area contributed by atoms with Gasteiger partial charge in [-0.2, -0.15) is 0 Å². The summed E-state index contributed by atoms with van der Waals surface area (Å²) in [4.78, 5) is 30.8. The minimum atomic E-state index is -0.374. The van der Waals surface area contributed by atoms with E-state index in [4.69, 9.17) is 0 Å². The van der Waals surface area contributed by atoms with E-state index in [1.807, 2.05) is 28.5 Å². The lowest BCUT2D eigenvalue weighted by atomic mass is 9.97. The minimum absolute atomic E-state index is 0.0218. The molecule has 4 amide bonds. The monoisotopic (exact) mass is 324 g/mol. The van der Waals surface area contributed by atoms with Gasteiger partial charge in [0.15, 0.2) is 0 Å². The number of amides is 4. The van der Waals surface area contributed by atoms with Crippen molar-refractivity contribution in [1.29, 1.82) is 0 Å². The smallest absolute Gasteiger partial charge is 0.320 e. The zero-order valence-corrected chi connectivity index (χ0v) is 15.5. The molecule has 2 aliphatic heterocycles. The van der Waals surface area contributed by atoms with Crippen molar-refractivity contribution < 1.29 is 9.59 Å². The third-order valence-electron chi connectivity index (χ3n) is 4.73. The van der Waals surface area contributed by atoms with Crippen molar-refractivity contribution in [2.24, 2.45) is 5.92 Å². The molecule has 132 valence electrons. The molecule has 1 N–H and O–H groups in total. The van der Waals surface area contributed by atoms with E-state index in [-0.39, 0.29) is 23.1 Å². The van der Waals surface area contributed by atoms with Crippen LogP contribution in [0.1, 0.15) is 48.0 Å². The first-order valence-electron chi connectivity index (χ1n) is 8.64. The molecule has 0 aliphatic carbocycles. The van der Waals surface area contributed by atoms with Crippen LogP contribution in [0, 0.1) is 5.92 Å². The third-order valence-corrected chi connectivity index (χ3v) is 4.73. The van der Waals surface area contributed by atoms with E-state index in [0.29, 0.717) is 12.5 Å². The summed E-state index contributed by atoms with van der Waals surface area (Å²) in [5.41, 5.74) is -0.558. The van der Waals surface area contributed by atoms with E-state index in [1.165, 1.54) is 0 Å². The van der Waals surface area contributed by atoms with Crippen molar-refractivity contribution in [2.45, 2.75) is 59.0 Å². The number of nitrogens with zero attached hydrogens (tertiary/aromatic N) is 3. The van der Waals surface area contributed by atoms with Crippen LogP contribution >= 0.6 is 0 Å². The molecule has 2 rings (SSSR count). The lowest BCUT2D eigenvalue weighted by Gasteiger charge is -2.49. The second-order valence-electron chi connectivity index (χ2n) is 8.60. The third kappa shape index (κ3) is 3.90. The molecule has 0 saturated carbocycles. The normalized spacial score (nSPS) is 24.1. The zero-order chi connectivity index (χ0) is 17.4. The molecule has 1 unspecified atom stereocenters. The van der Waals surface area contributed by atoms with E-state index in [0.717, 1.165) is 32.6 Å². The summed E-state index contributed by atoms with van der Waals surface area (Å²) in [5.74, 6) is 0.429. The summed E-state index contributed by atoms with van der Waals surface area (Å²) < 4.78 is 0. The first-order valence-corrected chi connectivity index (χ1v) is 8.64. The minimum Gasteiger partial charge on any atom is -0.338 e. The van der Waals surface area contributed by atoms with Crippen LogP contribution in [0.4, 0.5) is 9.59 Å². The summed E-state index contributed by atoms with van der Waals surface area (Å²) in [6.07, 6.45) is 0.952. The predicted octanol–water partition coefficient (Wildman–Crippen LogP) is 2.35. The average molecular weight is 324 g/mol. The summed E-state index contributed by atoms with van der Waals surface area (Å²) in [5, 5.41) is 2.90. The summed E-state index contributed by atoms with van der Waals surface area (Å²) in [7, 11) is 0. The standard InChI is InChI=1S/C17H32N4O2/c1-13-10-19(15(23)21(11-13)16(2,3)4)12-17(5,6)20-9-7-8-18-14(20)22/h13H,7-12H2,1-6H3,(H,18,22). The quantitative estimate of drug-likeness (QED) is 0.866. The van der Waals surface area contributed by atoms with Crippen LogP contribution in [0.15, 0.2) is 0 Å². The van der Waals surface area contributed by atoms with Gasteiger partial charge in [0.2, 0.25) is 0 Å². The molecule has 2 saturated heterocycles. The summed E-state index contributed by atoms with van der Waals surface area (Å²) >= 11 is 0. The van der Waals surface area contributed by atoms with Crippen molar-refractivity contribution in [3.05, 3.63) is 0 Å². The van der Waals surface area contributed by atoms with Gasteiger partial charge in [0, 0.05) is 38.3 Å². The number of hydrogen-bond acceptors (Lipinski definition) is 2. The highest BCUT2D eigenvalue weighted by atomic mass is 16.2. The van der Waals surface area contributed by atoms with Crippen LogP contribution in [-0.4, -0.2) is 70.6 Å². The van der Waals surface area contributed by atoms with E-state index in [1.54, 1.807) is 0 Å². The first-order chi connectivity index (χ1) is 10.5. The molecule has 0 spiro atoms. The Balaban J connectivity index is 2.13. The SMILES string of the molecule is CC1CN(CC(C)(C)N2CCCNC2=O)C(=O)N(C(C)(C)C)C1. The van der Waals surface area contributed by atoms with Crippen LogP contribution in [0.5, 0.6) is 0 Å². The van der Waals surface area contributed by atoms with Crippen molar-refractivity contribution in [3.63, 3.8) is 0 Å². The van der Waals surface area contributed by atoms with Crippen LogP contribution in [0.3, 0.4) is 0 Å². The van der Waals surface area contributed by atoms with Gasteiger partial charge in [-0.1, -0.05) is 6.92 Å². The lowest BCUT2D eigenvalue weighted by molar-refractivity contribution is 0.0367. The molecule has 0 aromatic rings. The molecule has 23 heavy (non-hydrogen) atoms. The van der Waals surface area contributed by atoms with Crippen molar-refractivity contribution >= 4 is 12.1 Å². The number of carbonyl (C=O) groups is 2. The number of nitrogens with one attached hydrogen (secondary N) is 1. The van der Waals surface area contributed by atoms with Crippen molar-refractivity contribution in [1.82, 2.24) is 20.0 Å². The molecular formula is C17H32N4O2. The maximum atomic E-state index is 12.9. The van der Waals surface area contributed by atoms with Crippen molar-refractivity contribution in [2.75, 3.05) is 32.7 Å². The highest BCUT2D eigenvalue weighted by molar-refractivity contribution is 5.77. The molecule has 6 heteroatoms. The fraction of sp³-hybridized carbons (Fsp3) is 0.882. The Morgan fingerprint density at radius 3 is 2.30 bits per heavy atom. The van der Waals surface area contributed by atoms with Crippen LogP contribution in [0.25, 0.3) is 0 Å². The van der Waals surface area contributed by atoms with Crippen LogP contribution in [-0.2, 0) is 0 Å². The Labute approximate surface area is 140 Å². The molecule has 0 bridgehead atoms. The number of rotatable bonds is 3. The maximum absolute atomic E-state index is 12.9. The van der Waals surface area contributed by atoms with Crippen molar-refractivity contribution in [3.8, 4) is 0 Å². The first kappa shape index (κ1) is 17.9. The highest BCUT2D eigenvalue weighted by Gasteiger charge is 2.40. The Morgan fingerprint density at radius 1 is 1.09 bits per heavy atom. The van der Waals surface area contributed by atoms with E-state index >= 15 is 0 Å². The zero-order valence-electron chi connectivity index (χ0n) is 15.5. The second kappa shape index (κ2) is 6.21. The van der Waals surface area contributed by atoms with Gasteiger partial charge in [-0.05, 0) is 47.0 Å². The van der Waals surface area contributed by atoms with E-state index in [9.17, 15) is 9.59 Å². The number of hydrogen-bond donors (Lipinski definition) is 1.